The monoisotopic (exact) mass is 259 g/mol. The Morgan fingerprint density at radius 1 is 1.42 bits per heavy atom. The fraction of sp³-hybridized carbons (Fsp3) is 0.100. The molecule has 0 fully saturated rings. The van der Waals surface area contributed by atoms with E-state index in [-0.39, 0.29) is 24.2 Å². The molecule has 3 heterocycles. The molecule has 19 heavy (non-hydrogen) atoms. The van der Waals surface area contributed by atoms with Crippen LogP contribution in [0.25, 0.3) is 17.4 Å². The van der Waals surface area contributed by atoms with Gasteiger partial charge in [-0.1, -0.05) is 0 Å². The van der Waals surface area contributed by atoms with Crippen LogP contribution in [0.2, 0.25) is 0 Å². The van der Waals surface area contributed by atoms with Crippen LogP contribution in [0.3, 0.4) is 0 Å². The Hall–Kier alpha value is -2.97. The zero-order chi connectivity index (χ0) is 13.2. The second-order valence-corrected chi connectivity index (χ2v) is 3.58. The SMILES string of the molecule is Nc1nc(NCC=O)nc2nc(-c3ccco3)nn12. The van der Waals surface area contributed by atoms with Crippen molar-refractivity contribution in [1.82, 2.24) is 24.6 Å². The summed E-state index contributed by atoms with van der Waals surface area (Å²) in [6.45, 7) is 0.0921. The number of nitrogens with zero attached hydrogens (tertiary/aromatic N) is 5. The number of nitrogens with one attached hydrogen (secondary N) is 1. The van der Waals surface area contributed by atoms with E-state index >= 15 is 0 Å². The number of aldehydes is 1. The van der Waals surface area contributed by atoms with Gasteiger partial charge in [0, 0.05) is 0 Å². The molecule has 0 atom stereocenters. The van der Waals surface area contributed by atoms with Crippen LogP contribution in [0.5, 0.6) is 0 Å². The fourth-order valence-electron chi connectivity index (χ4n) is 1.53. The van der Waals surface area contributed by atoms with E-state index in [0.717, 1.165) is 0 Å². The van der Waals surface area contributed by atoms with Crippen molar-refractivity contribution in [2.45, 2.75) is 0 Å². The molecule has 0 radical (unpaired) electrons. The van der Waals surface area contributed by atoms with Gasteiger partial charge in [-0.15, -0.1) is 5.10 Å². The summed E-state index contributed by atoms with van der Waals surface area (Å²) in [5.74, 6) is 1.47. The highest BCUT2D eigenvalue weighted by atomic mass is 16.3. The third-order valence-electron chi connectivity index (χ3n) is 2.32. The van der Waals surface area contributed by atoms with Crippen molar-refractivity contribution in [3.63, 3.8) is 0 Å². The molecule has 0 saturated carbocycles. The lowest BCUT2D eigenvalue weighted by Crippen LogP contribution is -2.11. The molecule has 0 aromatic carbocycles. The number of rotatable bonds is 4. The number of anilines is 2. The van der Waals surface area contributed by atoms with E-state index in [4.69, 9.17) is 10.2 Å². The summed E-state index contributed by atoms with van der Waals surface area (Å²) in [5, 5.41) is 6.84. The predicted molar refractivity (Wildman–Crippen MR) is 65.2 cm³/mol. The first-order chi connectivity index (χ1) is 9.28. The van der Waals surface area contributed by atoms with Crippen molar-refractivity contribution in [1.29, 1.82) is 0 Å². The van der Waals surface area contributed by atoms with Gasteiger partial charge in [-0.3, -0.25) is 0 Å². The maximum Gasteiger partial charge on any atom is 0.259 e. The van der Waals surface area contributed by atoms with Crippen LogP contribution in [0, 0.1) is 0 Å². The van der Waals surface area contributed by atoms with Crippen molar-refractivity contribution in [3.05, 3.63) is 18.4 Å². The van der Waals surface area contributed by atoms with Crippen LogP contribution in [0.1, 0.15) is 0 Å². The standard InChI is InChI=1S/C10H9N7O2/c11-8-14-9(12-3-4-18)15-10-13-7(16-17(8)10)6-2-1-5-19-6/h1-2,4-5H,3H2,(H3,11,12,13,14,15,16). The largest absolute Gasteiger partial charge is 0.461 e. The molecule has 3 rings (SSSR count). The summed E-state index contributed by atoms with van der Waals surface area (Å²) >= 11 is 0. The molecule has 0 aliphatic heterocycles. The van der Waals surface area contributed by atoms with Gasteiger partial charge in [-0.2, -0.15) is 19.5 Å². The van der Waals surface area contributed by atoms with Crippen molar-refractivity contribution in [2.24, 2.45) is 0 Å². The number of carbonyl (C=O) groups is 1. The van der Waals surface area contributed by atoms with Gasteiger partial charge in [0.1, 0.15) is 6.29 Å². The first-order valence-corrected chi connectivity index (χ1v) is 5.39. The Bertz CT molecular complexity index is 719. The van der Waals surface area contributed by atoms with Crippen LogP contribution >= 0.6 is 0 Å². The number of hydrogen-bond acceptors (Lipinski definition) is 8. The Morgan fingerprint density at radius 3 is 3.05 bits per heavy atom. The van der Waals surface area contributed by atoms with E-state index < -0.39 is 0 Å². The molecule has 9 nitrogen and oxygen atoms in total. The van der Waals surface area contributed by atoms with Gasteiger partial charge in [0.05, 0.1) is 12.8 Å². The quantitative estimate of drug-likeness (QED) is 0.626. The third kappa shape index (κ3) is 1.97. The average Bonchev–Trinajstić information content (AvgIpc) is 3.04. The summed E-state index contributed by atoms with van der Waals surface area (Å²) in [7, 11) is 0. The third-order valence-corrected chi connectivity index (χ3v) is 2.32. The number of furan rings is 1. The highest BCUT2D eigenvalue weighted by Crippen LogP contribution is 2.17. The Morgan fingerprint density at radius 2 is 2.32 bits per heavy atom. The molecule has 3 aromatic rings. The van der Waals surface area contributed by atoms with Gasteiger partial charge in [0.2, 0.25) is 17.7 Å². The van der Waals surface area contributed by atoms with Crippen molar-refractivity contribution >= 4 is 24.0 Å². The molecule has 0 bridgehead atoms. The zero-order valence-electron chi connectivity index (χ0n) is 9.65. The molecule has 0 spiro atoms. The summed E-state index contributed by atoms with van der Waals surface area (Å²) in [6.07, 6.45) is 2.22. The van der Waals surface area contributed by atoms with Crippen molar-refractivity contribution < 1.29 is 9.21 Å². The van der Waals surface area contributed by atoms with Crippen molar-refractivity contribution in [2.75, 3.05) is 17.6 Å². The number of hydrogen-bond donors (Lipinski definition) is 2. The molecule has 0 aliphatic carbocycles. The van der Waals surface area contributed by atoms with E-state index in [9.17, 15) is 4.79 Å². The Kier molecular flexibility index (Phi) is 2.56. The van der Waals surface area contributed by atoms with Gasteiger partial charge < -0.3 is 20.3 Å². The van der Waals surface area contributed by atoms with Gasteiger partial charge in [-0.05, 0) is 12.1 Å². The smallest absolute Gasteiger partial charge is 0.259 e. The maximum atomic E-state index is 10.3. The molecular formula is C10H9N7O2. The average molecular weight is 259 g/mol. The molecule has 96 valence electrons. The predicted octanol–water partition coefficient (Wildman–Crippen LogP) is -0.0277. The van der Waals surface area contributed by atoms with Crippen LogP contribution in [0.4, 0.5) is 11.9 Å². The van der Waals surface area contributed by atoms with Crippen LogP contribution in [-0.2, 0) is 4.79 Å². The molecule has 3 aromatic heterocycles. The minimum atomic E-state index is 0.0921. The molecule has 0 amide bonds. The number of carbonyl (C=O) groups excluding carboxylic acids is 1. The van der Waals surface area contributed by atoms with Gasteiger partial charge in [0.15, 0.2) is 5.76 Å². The highest BCUT2D eigenvalue weighted by Gasteiger charge is 2.13. The van der Waals surface area contributed by atoms with E-state index in [2.05, 4.69) is 25.4 Å². The van der Waals surface area contributed by atoms with Crippen LogP contribution in [0.15, 0.2) is 22.8 Å². The van der Waals surface area contributed by atoms with Crippen LogP contribution < -0.4 is 11.1 Å². The number of nitrogens with two attached hydrogens (primary N) is 1. The minimum Gasteiger partial charge on any atom is -0.461 e. The minimum absolute atomic E-state index is 0.0921. The number of fused-ring (bicyclic) bond motifs is 1. The van der Waals surface area contributed by atoms with Gasteiger partial charge in [0.25, 0.3) is 5.78 Å². The molecule has 0 unspecified atom stereocenters. The Labute approximate surface area is 106 Å². The molecule has 9 heteroatoms. The first-order valence-electron chi connectivity index (χ1n) is 5.39. The van der Waals surface area contributed by atoms with Crippen molar-refractivity contribution in [3.8, 4) is 11.6 Å². The first kappa shape index (κ1) is 11.1. The highest BCUT2D eigenvalue weighted by molar-refractivity contribution is 5.58. The Balaban J connectivity index is 2.07. The normalized spacial score (nSPS) is 10.7. The molecule has 0 saturated heterocycles. The summed E-state index contributed by atoms with van der Waals surface area (Å²) in [5.41, 5.74) is 5.75. The van der Waals surface area contributed by atoms with E-state index in [1.807, 2.05) is 0 Å². The fourth-order valence-corrected chi connectivity index (χ4v) is 1.53. The second-order valence-electron chi connectivity index (χ2n) is 3.58. The zero-order valence-corrected chi connectivity index (χ0v) is 9.65. The van der Waals surface area contributed by atoms with Gasteiger partial charge >= 0.3 is 0 Å². The van der Waals surface area contributed by atoms with Gasteiger partial charge in [-0.25, -0.2) is 0 Å². The summed E-state index contributed by atoms with van der Waals surface area (Å²) < 4.78 is 6.49. The number of aromatic nitrogens is 5. The van der Waals surface area contributed by atoms with E-state index in [0.29, 0.717) is 17.9 Å². The maximum absolute atomic E-state index is 10.3. The van der Waals surface area contributed by atoms with E-state index in [1.165, 1.54) is 10.8 Å². The second kappa shape index (κ2) is 4.37. The lowest BCUT2D eigenvalue weighted by Gasteiger charge is -2.01. The number of nitrogen functional groups attached to an aromatic ring is 1. The summed E-state index contributed by atoms with van der Waals surface area (Å²) in [4.78, 5) is 22.5. The van der Waals surface area contributed by atoms with Crippen LogP contribution in [-0.4, -0.2) is 37.4 Å². The molecule has 0 aliphatic rings. The molecule has 3 N–H and O–H groups in total. The lowest BCUT2D eigenvalue weighted by molar-refractivity contribution is -0.106. The van der Waals surface area contributed by atoms with E-state index in [1.54, 1.807) is 12.1 Å². The topological polar surface area (TPSA) is 124 Å². The molecular weight excluding hydrogens is 250 g/mol. The lowest BCUT2D eigenvalue weighted by atomic mass is 10.4. The summed E-state index contributed by atoms with van der Waals surface area (Å²) in [6, 6.07) is 3.46.